The van der Waals surface area contributed by atoms with Gasteiger partial charge in [-0.2, -0.15) is 0 Å². The van der Waals surface area contributed by atoms with E-state index in [0.29, 0.717) is 0 Å². The summed E-state index contributed by atoms with van der Waals surface area (Å²) in [7, 11) is 0. The lowest BCUT2D eigenvalue weighted by Gasteiger charge is -2.31. The summed E-state index contributed by atoms with van der Waals surface area (Å²) in [6.07, 6.45) is 2.50. The fourth-order valence-electron chi connectivity index (χ4n) is 2.25. The summed E-state index contributed by atoms with van der Waals surface area (Å²) in [5.74, 6) is 0.746. The molecule has 5 heteroatoms. The number of hydrogen-bond donors (Lipinski definition) is 1. The molecule has 1 heterocycles. The molecule has 0 aromatic heterocycles. The zero-order valence-corrected chi connectivity index (χ0v) is 13.6. The molecule has 1 aromatic rings. The quantitative estimate of drug-likeness (QED) is 0.899. The molecule has 0 aliphatic carbocycles. The van der Waals surface area contributed by atoms with E-state index in [1.165, 1.54) is 36.0 Å². The fourth-order valence-corrected chi connectivity index (χ4v) is 2.66. The second-order valence-corrected chi connectivity index (χ2v) is 5.40. The first-order chi connectivity index (χ1) is 7.79. The standard InChI is InChI=1S/C13H19BrN2.2ClH/c14-13-4-2-1-3-12(13)10-16-7-5-11(9-15)6-8-16;;/h1-4,11H,5-10,15H2;2*1H. The first kappa shape index (κ1) is 18.2. The van der Waals surface area contributed by atoms with E-state index in [-0.39, 0.29) is 24.8 Å². The van der Waals surface area contributed by atoms with Gasteiger partial charge in [-0.25, -0.2) is 0 Å². The highest BCUT2D eigenvalue weighted by atomic mass is 79.9. The highest BCUT2D eigenvalue weighted by Crippen LogP contribution is 2.21. The second kappa shape index (κ2) is 9.16. The van der Waals surface area contributed by atoms with Crippen LogP contribution in [0.15, 0.2) is 28.7 Å². The zero-order chi connectivity index (χ0) is 11.4. The summed E-state index contributed by atoms with van der Waals surface area (Å²) in [4.78, 5) is 2.52. The topological polar surface area (TPSA) is 29.3 Å². The maximum absolute atomic E-state index is 5.70. The SMILES string of the molecule is Cl.Cl.NCC1CCN(Cc2ccccc2Br)CC1. The first-order valence-electron chi connectivity index (χ1n) is 5.95. The molecule has 1 fully saturated rings. The predicted octanol–water partition coefficient (Wildman–Crippen LogP) is 3.46. The van der Waals surface area contributed by atoms with Gasteiger partial charge < -0.3 is 5.73 Å². The molecule has 2 N–H and O–H groups in total. The summed E-state index contributed by atoms with van der Waals surface area (Å²) < 4.78 is 1.22. The minimum atomic E-state index is 0. The third-order valence-corrected chi connectivity index (χ3v) is 4.17. The molecule has 0 atom stereocenters. The smallest absolute Gasteiger partial charge is 0.0244 e. The van der Waals surface area contributed by atoms with E-state index in [2.05, 4.69) is 45.1 Å². The molecule has 104 valence electrons. The molecule has 1 saturated heterocycles. The maximum atomic E-state index is 5.70. The Hall–Kier alpha value is 0.200. The molecule has 1 aliphatic rings. The van der Waals surface area contributed by atoms with Crippen molar-refractivity contribution in [3.8, 4) is 0 Å². The van der Waals surface area contributed by atoms with E-state index in [0.717, 1.165) is 19.0 Å². The normalized spacial score (nSPS) is 16.8. The van der Waals surface area contributed by atoms with E-state index in [4.69, 9.17) is 5.73 Å². The first-order valence-corrected chi connectivity index (χ1v) is 6.74. The van der Waals surface area contributed by atoms with Gasteiger partial charge in [-0.1, -0.05) is 34.1 Å². The van der Waals surface area contributed by atoms with E-state index in [1.807, 2.05) is 0 Å². The Balaban J connectivity index is 0.00000144. The van der Waals surface area contributed by atoms with E-state index < -0.39 is 0 Å². The van der Waals surface area contributed by atoms with E-state index in [1.54, 1.807) is 0 Å². The van der Waals surface area contributed by atoms with Crippen LogP contribution in [-0.2, 0) is 6.54 Å². The molecule has 0 saturated carbocycles. The van der Waals surface area contributed by atoms with Crippen molar-refractivity contribution in [3.05, 3.63) is 34.3 Å². The van der Waals surface area contributed by atoms with Gasteiger partial charge in [0.25, 0.3) is 0 Å². The summed E-state index contributed by atoms with van der Waals surface area (Å²) in [6, 6.07) is 8.47. The van der Waals surface area contributed by atoms with Crippen molar-refractivity contribution in [3.63, 3.8) is 0 Å². The van der Waals surface area contributed by atoms with Gasteiger partial charge in [0.2, 0.25) is 0 Å². The summed E-state index contributed by atoms with van der Waals surface area (Å²) >= 11 is 3.60. The van der Waals surface area contributed by atoms with Crippen molar-refractivity contribution in [2.45, 2.75) is 19.4 Å². The van der Waals surface area contributed by atoms with E-state index >= 15 is 0 Å². The van der Waals surface area contributed by atoms with Crippen LogP contribution in [0.3, 0.4) is 0 Å². The van der Waals surface area contributed by atoms with Gasteiger partial charge in [0.1, 0.15) is 0 Å². The molecule has 0 radical (unpaired) electrons. The number of rotatable bonds is 3. The lowest BCUT2D eigenvalue weighted by Crippen LogP contribution is -2.35. The van der Waals surface area contributed by atoms with Crippen molar-refractivity contribution in [2.75, 3.05) is 19.6 Å². The van der Waals surface area contributed by atoms with Gasteiger partial charge >= 0.3 is 0 Å². The van der Waals surface area contributed by atoms with Crippen LogP contribution in [0.5, 0.6) is 0 Å². The highest BCUT2D eigenvalue weighted by Gasteiger charge is 2.18. The van der Waals surface area contributed by atoms with Crippen LogP contribution in [-0.4, -0.2) is 24.5 Å². The van der Waals surface area contributed by atoms with Crippen LogP contribution in [0, 0.1) is 5.92 Å². The fraction of sp³-hybridized carbons (Fsp3) is 0.538. The maximum Gasteiger partial charge on any atom is 0.0244 e. The minimum absolute atomic E-state index is 0. The molecule has 1 aliphatic heterocycles. The van der Waals surface area contributed by atoms with Gasteiger partial charge in [0, 0.05) is 11.0 Å². The number of nitrogens with zero attached hydrogens (tertiary/aromatic N) is 1. The van der Waals surface area contributed by atoms with E-state index in [9.17, 15) is 0 Å². The number of piperidine rings is 1. The molecule has 0 unspecified atom stereocenters. The Labute approximate surface area is 130 Å². The average Bonchev–Trinajstić information content (AvgIpc) is 2.33. The van der Waals surface area contributed by atoms with Gasteiger partial charge in [0.05, 0.1) is 0 Å². The summed E-state index contributed by atoms with van der Waals surface area (Å²) in [5, 5.41) is 0. The predicted molar refractivity (Wildman–Crippen MR) is 85.7 cm³/mol. The molecular formula is C13H21BrCl2N2. The van der Waals surface area contributed by atoms with Crippen LogP contribution < -0.4 is 5.73 Å². The van der Waals surface area contributed by atoms with Crippen molar-refractivity contribution >= 4 is 40.7 Å². The third-order valence-electron chi connectivity index (χ3n) is 3.39. The van der Waals surface area contributed by atoms with Crippen LogP contribution >= 0.6 is 40.7 Å². The summed E-state index contributed by atoms with van der Waals surface area (Å²) in [5.41, 5.74) is 7.08. The van der Waals surface area contributed by atoms with Crippen molar-refractivity contribution < 1.29 is 0 Å². The van der Waals surface area contributed by atoms with Crippen molar-refractivity contribution in [2.24, 2.45) is 11.7 Å². The number of halogens is 3. The van der Waals surface area contributed by atoms with Gasteiger partial charge in [-0.15, -0.1) is 24.8 Å². The molecule has 0 bridgehead atoms. The molecule has 18 heavy (non-hydrogen) atoms. The number of nitrogens with two attached hydrogens (primary N) is 1. The lowest BCUT2D eigenvalue weighted by atomic mass is 9.97. The number of likely N-dealkylation sites (tertiary alicyclic amines) is 1. The van der Waals surface area contributed by atoms with Crippen LogP contribution in [0.4, 0.5) is 0 Å². The van der Waals surface area contributed by atoms with Crippen LogP contribution in [0.25, 0.3) is 0 Å². The Morgan fingerprint density at radius 2 is 1.78 bits per heavy atom. The van der Waals surface area contributed by atoms with Crippen LogP contribution in [0.2, 0.25) is 0 Å². The Kier molecular flexibility index (Phi) is 9.26. The summed E-state index contributed by atoms with van der Waals surface area (Å²) in [6.45, 7) is 4.27. The van der Waals surface area contributed by atoms with Crippen molar-refractivity contribution in [1.82, 2.24) is 4.90 Å². The Morgan fingerprint density at radius 1 is 1.17 bits per heavy atom. The van der Waals surface area contributed by atoms with Crippen molar-refractivity contribution in [1.29, 1.82) is 0 Å². The second-order valence-electron chi connectivity index (χ2n) is 4.55. The monoisotopic (exact) mass is 354 g/mol. The average molecular weight is 356 g/mol. The molecule has 1 aromatic carbocycles. The lowest BCUT2D eigenvalue weighted by molar-refractivity contribution is 0.180. The van der Waals surface area contributed by atoms with Gasteiger partial charge in [-0.05, 0) is 50.0 Å². The number of hydrogen-bond acceptors (Lipinski definition) is 2. The zero-order valence-electron chi connectivity index (χ0n) is 10.3. The van der Waals surface area contributed by atoms with Crippen LogP contribution in [0.1, 0.15) is 18.4 Å². The minimum Gasteiger partial charge on any atom is -0.330 e. The molecule has 0 spiro atoms. The largest absolute Gasteiger partial charge is 0.330 e. The third kappa shape index (κ3) is 5.06. The molecule has 0 amide bonds. The van der Waals surface area contributed by atoms with Gasteiger partial charge in [-0.3, -0.25) is 4.90 Å². The molecule has 2 rings (SSSR count). The highest BCUT2D eigenvalue weighted by molar-refractivity contribution is 9.10. The number of benzene rings is 1. The van der Waals surface area contributed by atoms with Gasteiger partial charge in [0.15, 0.2) is 0 Å². The molecule has 2 nitrogen and oxygen atoms in total. The molecular weight excluding hydrogens is 335 g/mol. The Bertz CT molecular complexity index is 342. The Morgan fingerprint density at radius 3 is 2.33 bits per heavy atom.